The van der Waals surface area contributed by atoms with Crippen molar-refractivity contribution in [3.05, 3.63) is 41.6 Å². The number of benzene rings is 1. The lowest BCUT2D eigenvalue weighted by Crippen LogP contribution is -2.37. The van der Waals surface area contributed by atoms with E-state index in [2.05, 4.69) is 25.5 Å². The van der Waals surface area contributed by atoms with Crippen LogP contribution in [0.4, 0.5) is 11.8 Å². The van der Waals surface area contributed by atoms with Crippen LogP contribution in [0.25, 0.3) is 0 Å². The lowest BCUT2D eigenvalue weighted by atomic mass is 10.2. The Bertz CT molecular complexity index is 748. The predicted molar refractivity (Wildman–Crippen MR) is 106 cm³/mol. The molecule has 0 amide bonds. The van der Waals surface area contributed by atoms with E-state index in [0.717, 1.165) is 35.9 Å². The zero-order valence-corrected chi connectivity index (χ0v) is 15.8. The maximum absolute atomic E-state index is 5.40. The minimum absolute atomic E-state index is 0.486. The molecule has 0 saturated carbocycles. The molecule has 0 atom stereocenters. The van der Waals surface area contributed by atoms with E-state index in [9.17, 15) is 0 Å². The van der Waals surface area contributed by atoms with E-state index < -0.39 is 0 Å². The maximum Gasteiger partial charge on any atom is 0.231 e. The van der Waals surface area contributed by atoms with Gasteiger partial charge in [-0.2, -0.15) is 4.98 Å². The molecule has 0 spiro atoms. The van der Waals surface area contributed by atoms with Crippen LogP contribution in [0, 0.1) is 6.92 Å². The number of nitrogens with one attached hydrogen (secondary N) is 2. The summed E-state index contributed by atoms with van der Waals surface area (Å²) in [7, 11) is 1.65. The minimum Gasteiger partial charge on any atom is -0.497 e. The summed E-state index contributed by atoms with van der Waals surface area (Å²) in [5, 5.41) is 6.73. The molecule has 138 valence electrons. The van der Waals surface area contributed by atoms with Gasteiger partial charge in [0.15, 0.2) is 5.11 Å². The Morgan fingerprint density at radius 3 is 2.65 bits per heavy atom. The second-order valence-corrected chi connectivity index (χ2v) is 6.35. The highest BCUT2D eigenvalue weighted by Crippen LogP contribution is 2.16. The van der Waals surface area contributed by atoms with Crippen molar-refractivity contribution < 1.29 is 9.47 Å². The zero-order valence-electron chi connectivity index (χ0n) is 15.0. The Morgan fingerprint density at radius 2 is 1.96 bits per heavy atom. The van der Waals surface area contributed by atoms with E-state index in [4.69, 9.17) is 21.7 Å². The Balaban J connectivity index is 1.58. The summed E-state index contributed by atoms with van der Waals surface area (Å²) < 4.78 is 10.6. The van der Waals surface area contributed by atoms with Crippen molar-refractivity contribution in [1.29, 1.82) is 0 Å². The minimum atomic E-state index is 0.486. The van der Waals surface area contributed by atoms with E-state index in [1.165, 1.54) is 0 Å². The second-order valence-electron chi connectivity index (χ2n) is 5.95. The van der Waals surface area contributed by atoms with Crippen molar-refractivity contribution in [2.75, 3.05) is 43.6 Å². The normalized spacial score (nSPS) is 14.0. The number of aromatic nitrogens is 2. The average Bonchev–Trinajstić information content (AvgIpc) is 2.67. The van der Waals surface area contributed by atoms with Crippen molar-refractivity contribution in [2.45, 2.75) is 13.5 Å². The summed E-state index contributed by atoms with van der Waals surface area (Å²) in [6.45, 7) is 5.65. The van der Waals surface area contributed by atoms with Crippen LogP contribution in [-0.2, 0) is 11.3 Å². The van der Waals surface area contributed by atoms with Crippen LogP contribution in [0.15, 0.2) is 30.3 Å². The fourth-order valence-corrected chi connectivity index (χ4v) is 2.80. The Kier molecular flexibility index (Phi) is 6.19. The highest BCUT2D eigenvalue weighted by Gasteiger charge is 2.14. The summed E-state index contributed by atoms with van der Waals surface area (Å²) in [5.41, 5.74) is 2.00. The van der Waals surface area contributed by atoms with Crippen LogP contribution in [0.2, 0.25) is 0 Å². The van der Waals surface area contributed by atoms with Gasteiger partial charge in [0.1, 0.15) is 11.6 Å². The van der Waals surface area contributed by atoms with E-state index in [1.54, 1.807) is 7.11 Å². The van der Waals surface area contributed by atoms with Gasteiger partial charge in [-0.25, -0.2) is 4.98 Å². The summed E-state index contributed by atoms with van der Waals surface area (Å²) in [6.07, 6.45) is 0. The molecule has 8 heteroatoms. The lowest BCUT2D eigenvalue weighted by Gasteiger charge is -2.28. The predicted octanol–water partition coefficient (Wildman–Crippen LogP) is 2.12. The number of anilines is 2. The van der Waals surface area contributed by atoms with Gasteiger partial charge >= 0.3 is 0 Å². The van der Waals surface area contributed by atoms with Gasteiger partial charge in [0.2, 0.25) is 5.95 Å². The third-order valence-corrected chi connectivity index (χ3v) is 4.26. The molecule has 1 fully saturated rings. The zero-order chi connectivity index (χ0) is 18.4. The van der Waals surface area contributed by atoms with Crippen LogP contribution < -0.4 is 20.3 Å². The maximum atomic E-state index is 5.40. The summed E-state index contributed by atoms with van der Waals surface area (Å²) in [4.78, 5) is 11.2. The van der Waals surface area contributed by atoms with Gasteiger partial charge in [0, 0.05) is 31.4 Å². The van der Waals surface area contributed by atoms with Crippen molar-refractivity contribution in [2.24, 2.45) is 0 Å². The first-order valence-corrected chi connectivity index (χ1v) is 8.91. The number of hydrogen-bond donors (Lipinski definition) is 2. The van der Waals surface area contributed by atoms with Gasteiger partial charge in [0.25, 0.3) is 0 Å². The van der Waals surface area contributed by atoms with E-state index in [-0.39, 0.29) is 0 Å². The molecule has 26 heavy (non-hydrogen) atoms. The number of thiocarbonyl (C=S) groups is 1. The smallest absolute Gasteiger partial charge is 0.231 e. The standard InChI is InChI=1S/C18H23N5O2S/c1-13-11-16(23-7-9-25-10-8-23)21-17(20-13)22-18(26)19-12-14-3-5-15(24-2)6-4-14/h3-6,11H,7-10,12H2,1-2H3,(H2,19,20,21,22,26). The molecular weight excluding hydrogens is 350 g/mol. The molecule has 0 radical (unpaired) electrons. The van der Waals surface area contributed by atoms with Gasteiger partial charge in [0.05, 0.1) is 20.3 Å². The lowest BCUT2D eigenvalue weighted by molar-refractivity contribution is 0.122. The fraction of sp³-hybridized carbons (Fsp3) is 0.389. The second kappa shape index (κ2) is 8.77. The van der Waals surface area contributed by atoms with E-state index in [0.29, 0.717) is 30.8 Å². The number of morpholine rings is 1. The molecule has 7 nitrogen and oxygen atoms in total. The first-order valence-electron chi connectivity index (χ1n) is 8.50. The van der Waals surface area contributed by atoms with Gasteiger partial charge < -0.3 is 25.0 Å². The number of ether oxygens (including phenoxy) is 2. The molecule has 3 rings (SSSR count). The summed E-state index contributed by atoms with van der Waals surface area (Å²) in [5.74, 6) is 2.22. The fourth-order valence-electron chi connectivity index (χ4n) is 2.63. The van der Waals surface area contributed by atoms with Crippen LogP contribution >= 0.6 is 12.2 Å². The number of aryl methyl sites for hydroxylation is 1. The number of rotatable bonds is 5. The summed E-state index contributed by atoms with van der Waals surface area (Å²) in [6, 6.07) is 9.81. The number of methoxy groups -OCH3 is 1. The number of nitrogens with zero attached hydrogens (tertiary/aromatic N) is 3. The molecule has 1 saturated heterocycles. The van der Waals surface area contributed by atoms with E-state index in [1.807, 2.05) is 37.3 Å². The van der Waals surface area contributed by atoms with Crippen LogP contribution in [0.3, 0.4) is 0 Å². The van der Waals surface area contributed by atoms with Crippen molar-refractivity contribution in [3.63, 3.8) is 0 Å². The molecule has 0 aliphatic carbocycles. The largest absolute Gasteiger partial charge is 0.497 e. The molecular formula is C18H23N5O2S. The van der Waals surface area contributed by atoms with Gasteiger partial charge in [-0.3, -0.25) is 0 Å². The number of hydrogen-bond acceptors (Lipinski definition) is 6. The van der Waals surface area contributed by atoms with Crippen LogP contribution in [0.1, 0.15) is 11.3 Å². The highest BCUT2D eigenvalue weighted by molar-refractivity contribution is 7.80. The molecule has 1 aliphatic heterocycles. The van der Waals surface area contributed by atoms with Gasteiger partial charge in [-0.1, -0.05) is 12.1 Å². The quantitative estimate of drug-likeness (QED) is 0.773. The first-order chi connectivity index (χ1) is 12.6. The summed E-state index contributed by atoms with van der Waals surface area (Å²) >= 11 is 5.37. The van der Waals surface area contributed by atoms with Crippen molar-refractivity contribution >= 4 is 29.1 Å². The first kappa shape index (κ1) is 18.3. The monoisotopic (exact) mass is 373 g/mol. The van der Waals surface area contributed by atoms with E-state index >= 15 is 0 Å². The van der Waals surface area contributed by atoms with Gasteiger partial charge in [-0.05, 0) is 36.8 Å². The third-order valence-electron chi connectivity index (χ3n) is 4.01. The molecule has 1 aliphatic rings. The molecule has 1 aromatic carbocycles. The van der Waals surface area contributed by atoms with Crippen LogP contribution in [0.5, 0.6) is 5.75 Å². The Morgan fingerprint density at radius 1 is 1.23 bits per heavy atom. The highest BCUT2D eigenvalue weighted by atomic mass is 32.1. The van der Waals surface area contributed by atoms with Gasteiger partial charge in [-0.15, -0.1) is 0 Å². The van der Waals surface area contributed by atoms with Crippen molar-refractivity contribution in [3.8, 4) is 5.75 Å². The molecule has 0 bridgehead atoms. The molecule has 2 N–H and O–H groups in total. The Hall–Kier alpha value is -2.45. The Labute approximate surface area is 158 Å². The molecule has 2 aromatic rings. The topological polar surface area (TPSA) is 71.5 Å². The third kappa shape index (κ3) is 5.03. The molecule has 0 unspecified atom stereocenters. The average molecular weight is 373 g/mol. The molecule has 2 heterocycles. The van der Waals surface area contributed by atoms with Crippen LogP contribution in [-0.4, -0.2) is 48.5 Å². The molecule has 1 aromatic heterocycles. The van der Waals surface area contributed by atoms with Crippen molar-refractivity contribution in [1.82, 2.24) is 15.3 Å². The SMILES string of the molecule is COc1ccc(CNC(=S)Nc2nc(C)cc(N3CCOCC3)n2)cc1.